The van der Waals surface area contributed by atoms with Crippen LogP contribution < -0.4 is 15.4 Å². The maximum absolute atomic E-state index is 13.7. The highest BCUT2D eigenvalue weighted by Gasteiger charge is 2.45. The Bertz CT molecular complexity index is 1330. The Morgan fingerprint density at radius 2 is 1.80 bits per heavy atom. The molecule has 8 nitrogen and oxygen atoms in total. The maximum Gasteiger partial charge on any atom is 0.277 e. The van der Waals surface area contributed by atoms with Gasteiger partial charge in [0.2, 0.25) is 5.91 Å². The van der Waals surface area contributed by atoms with Gasteiger partial charge in [0.1, 0.15) is 17.5 Å². The van der Waals surface area contributed by atoms with Gasteiger partial charge in [0.15, 0.2) is 5.69 Å². The summed E-state index contributed by atoms with van der Waals surface area (Å²) in [4.78, 5) is 27.3. The molecule has 1 fully saturated rings. The summed E-state index contributed by atoms with van der Waals surface area (Å²) in [5.74, 6) is -0.0389. The van der Waals surface area contributed by atoms with Crippen LogP contribution in [0, 0.1) is 17.2 Å². The fourth-order valence-corrected chi connectivity index (χ4v) is 5.38. The van der Waals surface area contributed by atoms with Crippen molar-refractivity contribution in [3.8, 4) is 17.5 Å². The van der Waals surface area contributed by atoms with E-state index in [-0.39, 0.29) is 28.8 Å². The topological polar surface area (TPSA) is 114 Å². The summed E-state index contributed by atoms with van der Waals surface area (Å²) in [6, 6.07) is 17.2. The lowest BCUT2D eigenvalue weighted by Gasteiger charge is -2.46. The molecule has 2 amide bonds. The highest BCUT2D eigenvalue weighted by molar-refractivity contribution is 6.07. The minimum absolute atomic E-state index is 0.201. The van der Waals surface area contributed by atoms with Crippen molar-refractivity contribution < 1.29 is 14.3 Å². The van der Waals surface area contributed by atoms with Gasteiger partial charge in [-0.15, -0.1) is 0 Å². The normalized spacial score (nSPS) is 17.2. The smallest absolute Gasteiger partial charge is 0.277 e. The molecule has 1 aliphatic carbocycles. The fraction of sp³-hybridized carbons (Fsp3) is 0.333. The maximum atomic E-state index is 13.7. The molecule has 8 heteroatoms. The Labute approximate surface area is 203 Å². The number of aromatic nitrogens is 2. The predicted molar refractivity (Wildman–Crippen MR) is 131 cm³/mol. The zero-order valence-electron chi connectivity index (χ0n) is 19.8. The monoisotopic (exact) mass is 469 g/mol. The van der Waals surface area contributed by atoms with Gasteiger partial charge in [-0.05, 0) is 61.2 Å². The Balaban J connectivity index is 1.48. The molecule has 1 aliphatic heterocycles. The van der Waals surface area contributed by atoms with Crippen LogP contribution in [-0.4, -0.2) is 35.2 Å². The molecule has 1 saturated carbocycles. The molecule has 0 saturated heterocycles. The molecule has 2 heterocycles. The van der Waals surface area contributed by atoms with Gasteiger partial charge in [0.05, 0.1) is 12.8 Å². The molecule has 2 aromatic carbocycles. The number of primary amides is 1. The molecule has 1 unspecified atom stereocenters. The number of nitrogens with zero attached hydrogens (tertiary/aromatic N) is 4. The first-order valence-electron chi connectivity index (χ1n) is 11.8. The van der Waals surface area contributed by atoms with Gasteiger partial charge in [-0.1, -0.05) is 25.5 Å². The summed E-state index contributed by atoms with van der Waals surface area (Å²) in [5, 5.41) is 14.1. The molecule has 1 aromatic heterocycles. The first kappa shape index (κ1) is 22.7. The lowest BCUT2D eigenvalue weighted by molar-refractivity contribution is -0.124. The SMILES string of the molecule is COc1ccc(-n2nc(C#N)c3c2C(=O)N(c2ccc(C4(C(C)C(N)=O)CCC4)cc2)CC3)cc1. The standard InChI is InChI=1S/C27H27N5O3/c1-17(25(29)33)27(13-3-14-27)18-4-6-19(7-5-18)31-15-12-22-23(16-28)30-32(24(22)26(31)34)20-8-10-21(35-2)11-9-20/h4-11,17H,3,12-15H2,1-2H3,(H2,29,33). The second kappa shape index (κ2) is 8.58. The first-order valence-corrected chi connectivity index (χ1v) is 11.8. The van der Waals surface area contributed by atoms with Crippen LogP contribution in [0.5, 0.6) is 5.75 Å². The minimum atomic E-state index is -0.285. The van der Waals surface area contributed by atoms with Crippen LogP contribution in [0.1, 0.15) is 53.5 Å². The minimum Gasteiger partial charge on any atom is -0.497 e. The van der Waals surface area contributed by atoms with Crippen LogP contribution in [0.2, 0.25) is 0 Å². The van der Waals surface area contributed by atoms with Crippen molar-refractivity contribution in [2.24, 2.45) is 11.7 Å². The van der Waals surface area contributed by atoms with Crippen molar-refractivity contribution in [2.45, 2.75) is 38.0 Å². The number of benzene rings is 2. The van der Waals surface area contributed by atoms with E-state index in [0.29, 0.717) is 35.7 Å². The van der Waals surface area contributed by atoms with E-state index < -0.39 is 0 Å². The highest BCUT2D eigenvalue weighted by atomic mass is 16.5. The van der Waals surface area contributed by atoms with E-state index in [1.807, 2.05) is 43.3 Å². The number of hydrogen-bond acceptors (Lipinski definition) is 5. The molecule has 3 aromatic rings. The number of hydrogen-bond donors (Lipinski definition) is 1. The summed E-state index contributed by atoms with van der Waals surface area (Å²) in [6.45, 7) is 2.36. The number of methoxy groups -OCH3 is 1. The summed E-state index contributed by atoms with van der Waals surface area (Å²) < 4.78 is 6.78. The van der Waals surface area contributed by atoms with Crippen molar-refractivity contribution in [1.82, 2.24) is 9.78 Å². The number of anilines is 1. The second-order valence-corrected chi connectivity index (χ2v) is 9.28. The van der Waals surface area contributed by atoms with Crippen molar-refractivity contribution in [3.05, 3.63) is 71.0 Å². The molecule has 178 valence electrons. The molecule has 0 radical (unpaired) electrons. The van der Waals surface area contributed by atoms with Crippen molar-refractivity contribution in [1.29, 1.82) is 5.26 Å². The number of rotatable bonds is 6. The number of nitriles is 1. The lowest BCUT2D eigenvalue weighted by atomic mass is 9.58. The molecule has 1 atom stereocenters. The van der Waals surface area contributed by atoms with Gasteiger partial charge in [-0.3, -0.25) is 9.59 Å². The van der Waals surface area contributed by atoms with Crippen molar-refractivity contribution in [2.75, 3.05) is 18.6 Å². The van der Waals surface area contributed by atoms with Crippen LogP contribution in [0.3, 0.4) is 0 Å². The Hall–Kier alpha value is -4.12. The Morgan fingerprint density at radius 1 is 1.14 bits per heavy atom. The number of amides is 2. The molecular formula is C27H27N5O3. The Morgan fingerprint density at radius 3 is 2.34 bits per heavy atom. The van der Waals surface area contributed by atoms with Gasteiger partial charge >= 0.3 is 0 Å². The van der Waals surface area contributed by atoms with Crippen LogP contribution in [-0.2, 0) is 16.6 Å². The van der Waals surface area contributed by atoms with Crippen molar-refractivity contribution in [3.63, 3.8) is 0 Å². The van der Waals surface area contributed by atoms with E-state index >= 15 is 0 Å². The average Bonchev–Trinajstić information content (AvgIpc) is 3.24. The number of carbonyl (C=O) groups excluding carboxylic acids is 2. The summed E-state index contributed by atoms with van der Waals surface area (Å²) in [5.41, 5.74) is 9.29. The number of nitrogens with two attached hydrogens (primary N) is 1. The summed E-state index contributed by atoms with van der Waals surface area (Å²) in [7, 11) is 1.59. The fourth-order valence-electron chi connectivity index (χ4n) is 5.38. The van der Waals surface area contributed by atoms with E-state index in [4.69, 9.17) is 10.5 Å². The molecular weight excluding hydrogens is 442 g/mol. The largest absolute Gasteiger partial charge is 0.497 e. The molecule has 35 heavy (non-hydrogen) atoms. The molecule has 2 aliphatic rings. The van der Waals surface area contributed by atoms with E-state index in [0.717, 1.165) is 30.5 Å². The van der Waals surface area contributed by atoms with Gasteiger partial charge in [-0.25, -0.2) is 4.68 Å². The first-order chi connectivity index (χ1) is 16.9. The van der Waals surface area contributed by atoms with E-state index in [2.05, 4.69) is 11.2 Å². The highest BCUT2D eigenvalue weighted by Crippen LogP contribution is 2.49. The number of carbonyl (C=O) groups is 2. The quantitative estimate of drug-likeness (QED) is 0.593. The average molecular weight is 470 g/mol. The van der Waals surface area contributed by atoms with Gasteiger partial charge in [0, 0.05) is 29.1 Å². The van der Waals surface area contributed by atoms with Crippen LogP contribution >= 0.6 is 0 Å². The molecule has 0 spiro atoms. The third-order valence-electron chi connectivity index (χ3n) is 7.69. The van der Waals surface area contributed by atoms with E-state index in [9.17, 15) is 14.9 Å². The van der Waals surface area contributed by atoms with Crippen LogP contribution in [0.4, 0.5) is 5.69 Å². The van der Waals surface area contributed by atoms with Crippen LogP contribution in [0.25, 0.3) is 5.69 Å². The number of fused-ring (bicyclic) bond motifs is 1. The summed E-state index contributed by atoms with van der Waals surface area (Å²) >= 11 is 0. The van der Waals surface area contributed by atoms with Gasteiger partial charge < -0.3 is 15.4 Å². The molecule has 2 N–H and O–H groups in total. The van der Waals surface area contributed by atoms with Crippen LogP contribution in [0.15, 0.2) is 48.5 Å². The molecule has 5 rings (SSSR count). The third-order valence-corrected chi connectivity index (χ3v) is 7.69. The van der Waals surface area contributed by atoms with Crippen molar-refractivity contribution >= 4 is 17.5 Å². The lowest BCUT2D eigenvalue weighted by Crippen LogP contribution is -2.46. The second-order valence-electron chi connectivity index (χ2n) is 9.28. The van der Waals surface area contributed by atoms with E-state index in [1.54, 1.807) is 28.8 Å². The molecule has 0 bridgehead atoms. The van der Waals surface area contributed by atoms with Gasteiger partial charge in [0.25, 0.3) is 5.91 Å². The predicted octanol–water partition coefficient (Wildman–Crippen LogP) is 3.50. The van der Waals surface area contributed by atoms with Gasteiger partial charge in [-0.2, -0.15) is 10.4 Å². The Kier molecular flexibility index (Phi) is 5.56. The summed E-state index contributed by atoms with van der Waals surface area (Å²) in [6.07, 6.45) is 3.47. The third kappa shape index (κ3) is 3.55. The number of ether oxygens (including phenoxy) is 1. The van der Waals surface area contributed by atoms with E-state index in [1.165, 1.54) is 0 Å². The zero-order valence-corrected chi connectivity index (χ0v) is 19.8. The zero-order chi connectivity index (χ0) is 24.7.